The second-order valence-corrected chi connectivity index (χ2v) is 5.73. The number of benzene rings is 2. The predicted octanol–water partition coefficient (Wildman–Crippen LogP) is -1.22. The van der Waals surface area contributed by atoms with Gasteiger partial charge >= 0.3 is 41.5 Å². The molecule has 10 heteroatoms. The van der Waals surface area contributed by atoms with Crippen molar-refractivity contribution in [3.8, 4) is 11.5 Å². The van der Waals surface area contributed by atoms with E-state index in [0.29, 0.717) is 0 Å². The zero-order valence-electron chi connectivity index (χ0n) is 12.3. The SMILES string of the molecule is O=C(O)c1ccc(C(=O)O)c(Oc2ccc(S(=O)(=O)[O-])cc2)c1.[Na+]. The fourth-order valence-electron chi connectivity index (χ4n) is 1.72. The molecule has 2 aromatic rings. The topological polar surface area (TPSA) is 141 Å². The Labute approximate surface area is 158 Å². The van der Waals surface area contributed by atoms with Crippen molar-refractivity contribution in [1.29, 1.82) is 0 Å². The van der Waals surface area contributed by atoms with Gasteiger partial charge in [-0.15, -0.1) is 0 Å². The average molecular weight is 360 g/mol. The van der Waals surface area contributed by atoms with E-state index in [4.69, 9.17) is 14.9 Å². The molecule has 0 atom stereocenters. The smallest absolute Gasteiger partial charge is 0.744 e. The summed E-state index contributed by atoms with van der Waals surface area (Å²) in [5.41, 5.74) is -0.445. The molecular weight excluding hydrogens is 351 g/mol. The molecule has 2 rings (SSSR count). The second-order valence-electron chi connectivity index (χ2n) is 4.35. The van der Waals surface area contributed by atoms with E-state index in [0.717, 1.165) is 42.5 Å². The summed E-state index contributed by atoms with van der Waals surface area (Å²) in [4.78, 5) is 21.6. The van der Waals surface area contributed by atoms with Gasteiger partial charge in [-0.3, -0.25) is 0 Å². The number of aromatic carboxylic acids is 2. The molecule has 0 unspecified atom stereocenters. The van der Waals surface area contributed by atoms with Crippen LogP contribution in [0.15, 0.2) is 47.4 Å². The van der Waals surface area contributed by atoms with E-state index in [2.05, 4.69) is 0 Å². The van der Waals surface area contributed by atoms with Crippen LogP contribution < -0.4 is 34.3 Å². The van der Waals surface area contributed by atoms with E-state index in [9.17, 15) is 22.6 Å². The van der Waals surface area contributed by atoms with Crippen molar-refractivity contribution in [3.63, 3.8) is 0 Å². The summed E-state index contributed by atoms with van der Waals surface area (Å²) in [7, 11) is -4.61. The average Bonchev–Trinajstić information content (AvgIpc) is 2.46. The van der Waals surface area contributed by atoms with Gasteiger partial charge in [-0.1, -0.05) is 0 Å². The van der Waals surface area contributed by atoms with Gasteiger partial charge in [0.05, 0.1) is 10.5 Å². The molecule has 8 nitrogen and oxygen atoms in total. The molecule has 0 saturated heterocycles. The van der Waals surface area contributed by atoms with Gasteiger partial charge in [-0.25, -0.2) is 18.0 Å². The van der Waals surface area contributed by atoms with E-state index in [1.165, 1.54) is 0 Å². The quantitative estimate of drug-likeness (QED) is 0.499. The largest absolute Gasteiger partial charge is 1.00 e. The molecule has 0 aliphatic carbocycles. The van der Waals surface area contributed by atoms with Crippen LogP contribution in [0.2, 0.25) is 0 Å². The molecule has 0 aliphatic rings. The van der Waals surface area contributed by atoms with Gasteiger partial charge in [-0.05, 0) is 42.5 Å². The Morgan fingerprint density at radius 1 is 0.958 bits per heavy atom. The Morgan fingerprint density at radius 3 is 2.00 bits per heavy atom. The van der Waals surface area contributed by atoms with E-state index in [1.54, 1.807) is 0 Å². The number of rotatable bonds is 5. The maximum Gasteiger partial charge on any atom is 1.00 e. The summed E-state index contributed by atoms with van der Waals surface area (Å²) in [6.07, 6.45) is 0. The van der Waals surface area contributed by atoms with Crippen LogP contribution >= 0.6 is 0 Å². The first-order valence-corrected chi connectivity index (χ1v) is 7.44. The normalized spacial score (nSPS) is 10.5. The zero-order valence-corrected chi connectivity index (χ0v) is 15.1. The third kappa shape index (κ3) is 4.79. The van der Waals surface area contributed by atoms with Crippen LogP contribution in [0.1, 0.15) is 20.7 Å². The molecule has 0 radical (unpaired) electrons. The maximum atomic E-state index is 11.1. The second kappa shape index (κ2) is 7.77. The minimum atomic E-state index is -4.61. The molecule has 2 aromatic carbocycles. The van der Waals surface area contributed by atoms with Crippen molar-refractivity contribution in [3.05, 3.63) is 53.6 Å². The molecule has 0 aromatic heterocycles. The van der Waals surface area contributed by atoms with Gasteiger partial charge in [0.25, 0.3) is 0 Å². The van der Waals surface area contributed by atoms with Crippen LogP contribution in [0.25, 0.3) is 0 Å². The molecule has 0 aliphatic heterocycles. The maximum absolute atomic E-state index is 11.1. The van der Waals surface area contributed by atoms with Crippen molar-refractivity contribution >= 4 is 22.1 Å². The van der Waals surface area contributed by atoms with Crippen LogP contribution in [0.4, 0.5) is 0 Å². The third-order valence-electron chi connectivity index (χ3n) is 2.80. The molecule has 120 valence electrons. The summed E-state index contributed by atoms with van der Waals surface area (Å²) in [5, 5.41) is 18.0. The minimum absolute atomic E-state index is 0. The first-order valence-electron chi connectivity index (χ1n) is 6.03. The Balaban J connectivity index is 0.00000288. The van der Waals surface area contributed by atoms with Crippen LogP contribution in [0, 0.1) is 0 Å². The molecule has 0 amide bonds. The number of carboxylic acids is 2. The van der Waals surface area contributed by atoms with E-state index < -0.39 is 27.0 Å². The number of carboxylic acid groups (broad SMARTS) is 2. The van der Waals surface area contributed by atoms with Gasteiger partial charge in [0.2, 0.25) is 0 Å². The van der Waals surface area contributed by atoms with E-state index in [1.807, 2.05) is 0 Å². The van der Waals surface area contributed by atoms with Gasteiger partial charge in [0, 0.05) is 0 Å². The molecule has 0 fully saturated rings. The van der Waals surface area contributed by atoms with Crippen molar-refractivity contribution in [2.75, 3.05) is 0 Å². The zero-order chi connectivity index (χ0) is 17.2. The summed E-state index contributed by atoms with van der Waals surface area (Å²) in [6, 6.07) is 7.54. The molecule has 0 bridgehead atoms. The molecule has 0 saturated carbocycles. The molecular formula is C14H9NaO8S. The number of hydrogen-bond acceptors (Lipinski definition) is 6. The minimum Gasteiger partial charge on any atom is -0.744 e. The van der Waals surface area contributed by atoms with Crippen LogP contribution in [-0.4, -0.2) is 35.1 Å². The van der Waals surface area contributed by atoms with Crippen LogP contribution in [0.3, 0.4) is 0 Å². The van der Waals surface area contributed by atoms with Crippen LogP contribution in [-0.2, 0) is 10.1 Å². The van der Waals surface area contributed by atoms with Crippen molar-refractivity contribution in [2.45, 2.75) is 4.90 Å². The summed E-state index contributed by atoms with van der Waals surface area (Å²) >= 11 is 0. The van der Waals surface area contributed by atoms with Gasteiger partial charge in [0.1, 0.15) is 27.2 Å². The van der Waals surface area contributed by atoms with Crippen molar-refractivity contribution < 1.29 is 67.1 Å². The Morgan fingerprint density at radius 2 is 1.54 bits per heavy atom. The molecule has 0 spiro atoms. The number of hydrogen-bond donors (Lipinski definition) is 2. The number of carbonyl (C=O) groups is 2. The predicted molar refractivity (Wildman–Crippen MR) is 74.8 cm³/mol. The summed E-state index contributed by atoms with van der Waals surface area (Å²) in [6.45, 7) is 0. The van der Waals surface area contributed by atoms with Crippen molar-refractivity contribution in [2.24, 2.45) is 0 Å². The fraction of sp³-hybridized carbons (Fsp3) is 0. The van der Waals surface area contributed by atoms with E-state index >= 15 is 0 Å². The molecule has 2 N–H and O–H groups in total. The molecule has 24 heavy (non-hydrogen) atoms. The first-order chi connectivity index (χ1) is 10.7. The monoisotopic (exact) mass is 360 g/mol. The third-order valence-corrected chi connectivity index (χ3v) is 3.65. The Bertz CT molecular complexity index is 874. The summed E-state index contributed by atoms with van der Waals surface area (Å²) < 4.78 is 37.8. The Kier molecular flexibility index (Phi) is 6.52. The van der Waals surface area contributed by atoms with Gasteiger partial charge in [0.15, 0.2) is 0 Å². The standard InChI is InChI=1S/C14H10O8S.Na/c15-13(16)8-1-6-11(14(17)18)12(7-8)22-9-2-4-10(5-3-9)23(19,20)21;/h1-7H,(H,15,16)(H,17,18)(H,19,20,21);/q;+1/p-1. The van der Waals surface area contributed by atoms with Gasteiger partial charge < -0.3 is 19.5 Å². The first kappa shape index (κ1) is 20.1. The van der Waals surface area contributed by atoms with Crippen molar-refractivity contribution in [1.82, 2.24) is 0 Å². The van der Waals surface area contributed by atoms with Gasteiger partial charge in [-0.2, -0.15) is 0 Å². The molecule has 0 heterocycles. The Hall–Kier alpha value is -1.91. The van der Waals surface area contributed by atoms with E-state index in [-0.39, 0.29) is 52.2 Å². The summed E-state index contributed by atoms with van der Waals surface area (Å²) in [5.74, 6) is -2.77. The van der Waals surface area contributed by atoms with Crippen LogP contribution in [0.5, 0.6) is 11.5 Å². The fourth-order valence-corrected chi connectivity index (χ4v) is 2.19. The number of ether oxygens (including phenoxy) is 1.